The molecule has 3 heterocycles. The van der Waals surface area contributed by atoms with E-state index in [1.807, 2.05) is 28.8 Å². The molecule has 0 fully saturated rings. The number of hydrogen-bond donors (Lipinski definition) is 2. The van der Waals surface area contributed by atoms with Crippen LogP contribution in [0.25, 0.3) is 21.1 Å². The fourth-order valence-electron chi connectivity index (χ4n) is 3.70. The van der Waals surface area contributed by atoms with Crippen LogP contribution in [-0.2, 0) is 6.54 Å². The van der Waals surface area contributed by atoms with Crippen LogP contribution < -0.4 is 0 Å². The first-order valence-corrected chi connectivity index (χ1v) is 13.3. The molecule has 0 atom stereocenters. The van der Waals surface area contributed by atoms with Crippen LogP contribution in [0, 0.1) is 0 Å². The average Bonchev–Trinajstić information content (AvgIpc) is 3.41. The van der Waals surface area contributed by atoms with E-state index < -0.39 is 11.9 Å². The fraction of sp³-hybridized carbons (Fsp3) is 0.364. The fourth-order valence-corrected chi connectivity index (χ4v) is 6.60. The monoisotopic (exact) mass is 587 g/mol. The van der Waals surface area contributed by atoms with Crippen LogP contribution in [0.1, 0.15) is 66.2 Å². The number of nitrogens with zero attached hydrogens (tertiary/aromatic N) is 1. The second-order valence-electron chi connectivity index (χ2n) is 7.18. The van der Waals surface area contributed by atoms with Gasteiger partial charge in [-0.2, -0.15) is 0 Å². The summed E-state index contributed by atoms with van der Waals surface area (Å²) in [5, 5.41) is 20.1. The highest BCUT2D eigenvalue weighted by Gasteiger charge is 2.33. The summed E-state index contributed by atoms with van der Waals surface area (Å²) in [6.45, 7) is 2.74. The van der Waals surface area contributed by atoms with Crippen molar-refractivity contribution in [2.75, 3.05) is 0 Å². The number of carbonyl (C=O) groups is 2. The van der Waals surface area contributed by atoms with Gasteiger partial charge in [-0.05, 0) is 62.5 Å². The molecule has 0 aromatic carbocycles. The van der Waals surface area contributed by atoms with Crippen LogP contribution in [0.2, 0.25) is 0 Å². The van der Waals surface area contributed by atoms with Crippen LogP contribution >= 0.6 is 54.5 Å². The lowest BCUT2D eigenvalue weighted by Gasteiger charge is -2.13. The lowest BCUT2D eigenvalue weighted by atomic mass is 10.1. The number of aromatic carboxylic acids is 2. The van der Waals surface area contributed by atoms with Gasteiger partial charge in [0.05, 0.1) is 28.7 Å². The lowest BCUT2D eigenvalue weighted by Crippen LogP contribution is -2.06. The van der Waals surface area contributed by atoms with Crippen LogP contribution in [0.3, 0.4) is 0 Å². The van der Waals surface area contributed by atoms with Gasteiger partial charge >= 0.3 is 11.9 Å². The van der Waals surface area contributed by atoms with E-state index >= 15 is 0 Å². The van der Waals surface area contributed by atoms with E-state index in [-0.39, 0.29) is 11.1 Å². The first kappa shape index (κ1) is 24.2. The zero-order valence-electron chi connectivity index (χ0n) is 17.0. The Bertz CT molecular complexity index is 1010. The van der Waals surface area contributed by atoms with Crippen molar-refractivity contribution in [3.8, 4) is 21.1 Å². The van der Waals surface area contributed by atoms with E-state index in [9.17, 15) is 19.8 Å². The zero-order valence-corrected chi connectivity index (χ0v) is 21.8. The van der Waals surface area contributed by atoms with E-state index in [1.165, 1.54) is 41.9 Å². The molecule has 0 saturated heterocycles. The summed E-state index contributed by atoms with van der Waals surface area (Å²) in [6, 6.07) is 7.40. The largest absolute Gasteiger partial charge is 0.478 e. The maximum atomic E-state index is 12.3. The first-order chi connectivity index (χ1) is 14.8. The number of rotatable bonds is 11. The molecule has 0 unspecified atom stereocenters. The molecular formula is C22H23Br2NO4S2. The number of halogens is 2. The molecule has 0 spiro atoms. The molecule has 2 N–H and O–H groups in total. The Hall–Kier alpha value is -1.42. The van der Waals surface area contributed by atoms with Gasteiger partial charge in [-0.1, -0.05) is 39.0 Å². The van der Waals surface area contributed by atoms with E-state index in [2.05, 4.69) is 38.8 Å². The predicted octanol–water partition coefficient (Wildman–Crippen LogP) is 8.23. The van der Waals surface area contributed by atoms with E-state index in [4.69, 9.17) is 0 Å². The highest BCUT2D eigenvalue weighted by atomic mass is 79.9. The summed E-state index contributed by atoms with van der Waals surface area (Å²) < 4.78 is 3.63. The molecule has 0 aliphatic rings. The van der Waals surface area contributed by atoms with Crippen molar-refractivity contribution in [3.05, 3.63) is 43.0 Å². The van der Waals surface area contributed by atoms with E-state index in [0.29, 0.717) is 17.9 Å². The smallest absolute Gasteiger partial charge is 0.338 e. The van der Waals surface area contributed by atoms with Gasteiger partial charge in [0.25, 0.3) is 0 Å². The van der Waals surface area contributed by atoms with Crippen molar-refractivity contribution in [2.24, 2.45) is 0 Å². The number of unbranched alkanes of at least 4 members (excludes halogenated alkanes) is 5. The summed E-state index contributed by atoms with van der Waals surface area (Å²) in [5.74, 6) is -2.45. The minimum Gasteiger partial charge on any atom is -0.478 e. The zero-order chi connectivity index (χ0) is 22.5. The predicted molar refractivity (Wildman–Crippen MR) is 134 cm³/mol. The maximum Gasteiger partial charge on any atom is 0.338 e. The average molecular weight is 589 g/mol. The number of hydrogen-bond acceptors (Lipinski definition) is 4. The molecule has 3 aromatic rings. The van der Waals surface area contributed by atoms with Crippen molar-refractivity contribution in [1.29, 1.82) is 0 Å². The Labute approximate surface area is 206 Å². The Morgan fingerprint density at radius 1 is 0.806 bits per heavy atom. The Balaban J connectivity index is 2.17. The summed E-state index contributed by atoms with van der Waals surface area (Å²) >= 11 is 9.70. The maximum absolute atomic E-state index is 12.3. The minimum absolute atomic E-state index is 0.146. The quantitative estimate of drug-likeness (QED) is 0.221. The highest BCUT2D eigenvalue weighted by Crippen LogP contribution is 2.43. The molecule has 5 nitrogen and oxygen atoms in total. The second-order valence-corrected chi connectivity index (χ2v) is 12.1. The van der Waals surface area contributed by atoms with Gasteiger partial charge in [-0.25, -0.2) is 9.59 Å². The summed E-state index contributed by atoms with van der Waals surface area (Å²) in [6.07, 6.45) is 6.56. The molecule has 166 valence electrons. The van der Waals surface area contributed by atoms with E-state index in [0.717, 1.165) is 36.6 Å². The van der Waals surface area contributed by atoms with Crippen molar-refractivity contribution in [1.82, 2.24) is 4.57 Å². The minimum atomic E-state index is -1.23. The van der Waals surface area contributed by atoms with Gasteiger partial charge in [0.1, 0.15) is 11.1 Å². The van der Waals surface area contributed by atoms with Gasteiger partial charge < -0.3 is 14.8 Å². The molecule has 9 heteroatoms. The molecule has 0 aliphatic heterocycles. The van der Waals surface area contributed by atoms with Crippen LogP contribution in [0.4, 0.5) is 0 Å². The lowest BCUT2D eigenvalue weighted by molar-refractivity contribution is 0.0654. The van der Waals surface area contributed by atoms with Gasteiger partial charge in [0.15, 0.2) is 0 Å². The topological polar surface area (TPSA) is 79.5 Å². The van der Waals surface area contributed by atoms with Crippen LogP contribution in [0.5, 0.6) is 0 Å². The molecule has 31 heavy (non-hydrogen) atoms. The normalized spacial score (nSPS) is 11.2. The summed E-state index contributed by atoms with van der Waals surface area (Å²) in [7, 11) is 0. The molecular weight excluding hydrogens is 566 g/mol. The first-order valence-electron chi connectivity index (χ1n) is 10.1. The van der Waals surface area contributed by atoms with Crippen molar-refractivity contribution < 1.29 is 19.8 Å². The van der Waals surface area contributed by atoms with Gasteiger partial charge in [0, 0.05) is 6.54 Å². The van der Waals surface area contributed by atoms with E-state index in [1.54, 1.807) is 0 Å². The molecule has 0 amide bonds. The van der Waals surface area contributed by atoms with Crippen molar-refractivity contribution >= 4 is 66.5 Å². The highest BCUT2D eigenvalue weighted by molar-refractivity contribution is 9.11. The van der Waals surface area contributed by atoms with Gasteiger partial charge in [0.2, 0.25) is 0 Å². The third-order valence-corrected chi connectivity index (χ3v) is 8.30. The third kappa shape index (κ3) is 5.50. The van der Waals surface area contributed by atoms with Crippen LogP contribution in [0.15, 0.2) is 31.8 Å². The third-order valence-electron chi connectivity index (χ3n) is 5.04. The molecule has 0 aliphatic carbocycles. The number of aromatic nitrogens is 1. The van der Waals surface area contributed by atoms with Crippen molar-refractivity contribution in [2.45, 2.75) is 52.0 Å². The Morgan fingerprint density at radius 3 is 1.65 bits per heavy atom. The number of carboxylic acid groups (broad SMARTS) is 2. The Kier molecular flexibility index (Phi) is 8.55. The molecule has 0 radical (unpaired) electrons. The Morgan fingerprint density at radius 2 is 1.26 bits per heavy atom. The molecule has 3 aromatic heterocycles. The van der Waals surface area contributed by atoms with Crippen molar-refractivity contribution in [3.63, 3.8) is 0 Å². The summed E-state index contributed by atoms with van der Waals surface area (Å²) in [5.41, 5.74) is 0.641. The standard InChI is InChI=1S/C22H23Br2NO4S2/c1-2-3-4-5-6-7-12-25-19(13-8-10-15(23)30-13)17(21(26)27)18(22(28)29)20(25)14-9-11-16(24)31-14/h8-11H,2-7,12H2,1H3,(H,26,27)(H,28,29). The molecule has 0 bridgehead atoms. The molecule has 3 rings (SSSR count). The van der Waals surface area contributed by atoms with Gasteiger partial charge in [-0.15, -0.1) is 22.7 Å². The SMILES string of the molecule is CCCCCCCCn1c(-c2ccc(Br)s2)c(C(=O)O)c(C(=O)O)c1-c1ccc(Br)s1. The number of carboxylic acids is 2. The van der Waals surface area contributed by atoms with Gasteiger partial charge in [-0.3, -0.25) is 0 Å². The number of thiophene rings is 2. The second kappa shape index (κ2) is 10.9. The molecule has 0 saturated carbocycles. The summed E-state index contributed by atoms with van der Waals surface area (Å²) in [4.78, 5) is 26.0. The van der Waals surface area contributed by atoms with Crippen LogP contribution in [-0.4, -0.2) is 26.7 Å².